The van der Waals surface area contributed by atoms with Gasteiger partial charge in [-0.05, 0) is 107 Å². The number of aromatic nitrogens is 3. The molecule has 3 fully saturated rings. The van der Waals surface area contributed by atoms with E-state index in [1.165, 1.54) is 23.8 Å². The zero-order valence-corrected chi connectivity index (χ0v) is 29.6. The summed E-state index contributed by atoms with van der Waals surface area (Å²) in [5, 5.41) is 5.03. The van der Waals surface area contributed by atoms with Crippen molar-refractivity contribution in [3.05, 3.63) is 83.4 Å². The first kappa shape index (κ1) is 35.5. The fourth-order valence-electron chi connectivity index (χ4n) is 7.77. The molecule has 13 heteroatoms. The number of hydrogen-bond acceptors (Lipinski definition) is 7. The Hall–Kier alpha value is -4.91. The summed E-state index contributed by atoms with van der Waals surface area (Å²) in [6, 6.07) is 13.8. The second kappa shape index (κ2) is 15.4. The number of hydrogen-bond donors (Lipinski definition) is 2. The van der Waals surface area contributed by atoms with E-state index in [0.29, 0.717) is 42.1 Å². The summed E-state index contributed by atoms with van der Waals surface area (Å²) in [6.07, 6.45) is 7.65. The maximum atomic E-state index is 13.3. The zero-order chi connectivity index (χ0) is 36.4. The number of imide groups is 1. The lowest BCUT2D eigenvalue weighted by atomic mass is 9.80. The summed E-state index contributed by atoms with van der Waals surface area (Å²) in [6.45, 7) is 7.40. The quantitative estimate of drug-likeness (QED) is 0.177. The highest BCUT2D eigenvalue weighted by atomic mass is 19.3. The van der Waals surface area contributed by atoms with Gasteiger partial charge in [-0.15, -0.1) is 0 Å². The van der Waals surface area contributed by atoms with Crippen LogP contribution in [0.3, 0.4) is 0 Å². The van der Waals surface area contributed by atoms with Gasteiger partial charge in [-0.25, -0.2) is 23.5 Å². The first-order valence-corrected chi connectivity index (χ1v) is 18.3. The third-order valence-corrected chi connectivity index (χ3v) is 10.5. The molecule has 2 N–H and O–H groups in total. The maximum Gasteiger partial charge on any atom is 0.328 e. The Kier molecular flexibility index (Phi) is 10.5. The van der Waals surface area contributed by atoms with Crippen molar-refractivity contribution in [3.8, 4) is 5.75 Å². The summed E-state index contributed by atoms with van der Waals surface area (Å²) >= 11 is 0. The molecule has 2 aliphatic heterocycles. The van der Waals surface area contributed by atoms with Crippen LogP contribution in [-0.2, 0) is 4.79 Å². The Morgan fingerprint density at radius 3 is 2.38 bits per heavy atom. The van der Waals surface area contributed by atoms with Crippen LogP contribution in [0.5, 0.6) is 5.75 Å². The number of nitrogens with one attached hydrogen (secondary N) is 2. The third-order valence-electron chi connectivity index (χ3n) is 10.5. The number of ether oxygens (including phenoxy) is 1. The van der Waals surface area contributed by atoms with Crippen LogP contribution in [0.4, 0.5) is 25.1 Å². The van der Waals surface area contributed by atoms with Crippen molar-refractivity contribution >= 4 is 35.0 Å². The topological polar surface area (TPSA) is 121 Å². The van der Waals surface area contributed by atoms with Crippen molar-refractivity contribution in [1.29, 1.82) is 0 Å². The number of imidazole rings is 1. The van der Waals surface area contributed by atoms with Gasteiger partial charge in [0.05, 0.1) is 17.4 Å². The highest BCUT2D eigenvalue weighted by molar-refractivity contribution is 6.06. The predicted molar refractivity (Wildman–Crippen MR) is 193 cm³/mol. The molecule has 0 bridgehead atoms. The summed E-state index contributed by atoms with van der Waals surface area (Å²) in [5.74, 6) is 1.16. The molecule has 0 spiro atoms. The largest absolute Gasteiger partial charge is 0.490 e. The van der Waals surface area contributed by atoms with E-state index in [9.17, 15) is 23.2 Å². The van der Waals surface area contributed by atoms with Crippen LogP contribution in [0.2, 0.25) is 0 Å². The molecule has 7 rings (SSSR count). The average molecular weight is 714 g/mol. The van der Waals surface area contributed by atoms with Crippen LogP contribution >= 0.6 is 0 Å². The van der Waals surface area contributed by atoms with Gasteiger partial charge in [-0.2, -0.15) is 0 Å². The fraction of sp³-hybridized carbons (Fsp3) is 0.462. The average Bonchev–Trinajstić information content (AvgIpc) is 3.55. The number of amides is 4. The number of urea groups is 1. The number of carbonyl (C=O) groups excluding carboxylic acids is 3. The number of likely N-dealkylation sites (tertiary alicyclic amines) is 1. The van der Waals surface area contributed by atoms with E-state index in [-0.39, 0.29) is 29.4 Å². The van der Waals surface area contributed by atoms with E-state index in [1.54, 1.807) is 17.2 Å². The Morgan fingerprint density at radius 1 is 0.942 bits per heavy atom. The van der Waals surface area contributed by atoms with Crippen LogP contribution in [0, 0.1) is 5.92 Å². The number of halogens is 2. The molecule has 3 aromatic heterocycles. The van der Waals surface area contributed by atoms with E-state index in [0.717, 1.165) is 69.5 Å². The summed E-state index contributed by atoms with van der Waals surface area (Å²) in [7, 11) is 0. The number of nitrogens with zero attached hydrogens (tertiary/aromatic N) is 5. The highest BCUT2D eigenvalue weighted by Gasteiger charge is 2.29. The molecule has 52 heavy (non-hydrogen) atoms. The van der Waals surface area contributed by atoms with Gasteiger partial charge in [0.25, 0.3) is 12.3 Å². The third kappa shape index (κ3) is 8.09. The number of alkyl halides is 2. The fourth-order valence-corrected chi connectivity index (χ4v) is 7.77. The number of fused-ring (bicyclic) bond motifs is 1. The minimum Gasteiger partial charge on any atom is -0.490 e. The molecular formula is C39H45F2N7O4. The predicted octanol–water partition coefficient (Wildman–Crippen LogP) is 7.31. The number of pyridine rings is 2. The number of piperidine rings is 1. The standard InChI is InChI=1S/C39H45F2N7O4/c1-24(2)52-33-20-35-43-32(23-47(35)22-30(33)38(50)44-34-5-3-4-31(42-34)37(40)41)28-8-6-25(7-9-28)21-46-17-14-27(15-18-46)26-10-12-29(13-11-26)48-19-16-36(49)45-39(48)51/h3-5,10-13,20,22-25,27-28,37H,6-9,14-19,21H2,1-2H3,(H,42,44,50)(H,45,49,51)/t25-,28-. The molecule has 274 valence electrons. The molecule has 2 saturated heterocycles. The minimum atomic E-state index is -2.74. The number of benzene rings is 1. The van der Waals surface area contributed by atoms with Gasteiger partial charge in [0.2, 0.25) is 5.91 Å². The molecule has 4 amide bonds. The maximum absolute atomic E-state index is 13.3. The Morgan fingerprint density at radius 2 is 1.69 bits per heavy atom. The second-order valence-electron chi connectivity index (χ2n) is 14.5. The van der Waals surface area contributed by atoms with E-state index in [2.05, 4.69) is 32.7 Å². The molecule has 4 aromatic rings. The van der Waals surface area contributed by atoms with Gasteiger partial charge in [-0.3, -0.25) is 19.8 Å². The van der Waals surface area contributed by atoms with Crippen molar-refractivity contribution < 1.29 is 27.9 Å². The van der Waals surface area contributed by atoms with E-state index < -0.39 is 18.0 Å². The van der Waals surface area contributed by atoms with Crippen molar-refractivity contribution in [2.45, 2.75) is 83.2 Å². The lowest BCUT2D eigenvalue weighted by Gasteiger charge is -2.36. The monoisotopic (exact) mass is 713 g/mol. The van der Waals surface area contributed by atoms with Crippen molar-refractivity contribution in [1.82, 2.24) is 24.6 Å². The second-order valence-corrected chi connectivity index (χ2v) is 14.5. The molecule has 1 aromatic carbocycles. The molecule has 0 atom stereocenters. The summed E-state index contributed by atoms with van der Waals surface area (Å²) < 4.78 is 34.2. The molecule has 5 heterocycles. The SMILES string of the molecule is CC(C)Oc1cc2nc([C@H]3CC[C@H](CN4CCC(c5ccc(N6CCC(=O)NC6=O)cc5)CC4)CC3)cn2cc1C(=O)Nc1cccc(C(F)F)n1. The van der Waals surface area contributed by atoms with Gasteiger partial charge in [0.1, 0.15) is 22.9 Å². The normalized spacial score (nSPS) is 20.5. The van der Waals surface area contributed by atoms with Crippen LogP contribution in [0.15, 0.2) is 60.9 Å². The molecule has 1 saturated carbocycles. The molecule has 0 unspecified atom stereocenters. The Bertz CT molecular complexity index is 1920. The number of anilines is 2. The first-order chi connectivity index (χ1) is 25.1. The number of carbonyl (C=O) groups is 3. The molecular weight excluding hydrogens is 668 g/mol. The van der Waals surface area contributed by atoms with E-state index >= 15 is 0 Å². The lowest BCUT2D eigenvalue weighted by molar-refractivity contribution is -0.120. The first-order valence-electron chi connectivity index (χ1n) is 18.3. The summed E-state index contributed by atoms with van der Waals surface area (Å²) in [5.41, 5.74) is 3.67. The van der Waals surface area contributed by atoms with Gasteiger partial charge in [-0.1, -0.05) is 18.2 Å². The highest BCUT2D eigenvalue weighted by Crippen LogP contribution is 2.38. The van der Waals surface area contributed by atoms with Crippen molar-refractivity contribution in [2.75, 3.05) is 36.4 Å². The molecule has 0 radical (unpaired) electrons. The van der Waals surface area contributed by atoms with E-state index in [1.807, 2.05) is 36.6 Å². The Labute approximate surface area is 301 Å². The van der Waals surface area contributed by atoms with Gasteiger partial charge < -0.3 is 19.4 Å². The summed E-state index contributed by atoms with van der Waals surface area (Å²) in [4.78, 5) is 50.1. The molecule has 11 nitrogen and oxygen atoms in total. The molecule has 1 aliphatic carbocycles. The Balaban J connectivity index is 0.927. The zero-order valence-electron chi connectivity index (χ0n) is 29.6. The van der Waals surface area contributed by atoms with Crippen molar-refractivity contribution in [2.24, 2.45) is 5.92 Å². The minimum absolute atomic E-state index is 0.0441. The lowest BCUT2D eigenvalue weighted by Crippen LogP contribution is -2.49. The van der Waals surface area contributed by atoms with Gasteiger partial charge in [0.15, 0.2) is 0 Å². The van der Waals surface area contributed by atoms with Crippen LogP contribution in [0.25, 0.3) is 5.65 Å². The van der Waals surface area contributed by atoms with Crippen molar-refractivity contribution in [3.63, 3.8) is 0 Å². The van der Waals surface area contributed by atoms with Gasteiger partial charge >= 0.3 is 6.03 Å². The number of rotatable bonds is 10. The smallest absolute Gasteiger partial charge is 0.328 e. The van der Waals surface area contributed by atoms with Crippen LogP contribution in [-0.4, -0.2) is 69.4 Å². The van der Waals surface area contributed by atoms with Gasteiger partial charge in [0, 0.05) is 49.6 Å². The van der Waals surface area contributed by atoms with E-state index in [4.69, 9.17) is 9.72 Å². The van der Waals surface area contributed by atoms with Crippen LogP contribution < -0.4 is 20.3 Å². The van der Waals surface area contributed by atoms with Crippen LogP contribution in [0.1, 0.15) is 104 Å². The molecule has 3 aliphatic rings.